The Balaban J connectivity index is 1.93. The molecule has 1 aromatic heterocycles. The van der Waals surface area contributed by atoms with Crippen molar-refractivity contribution in [2.75, 3.05) is 20.3 Å². The van der Waals surface area contributed by atoms with Crippen LogP contribution in [0.1, 0.15) is 34.1 Å². The van der Waals surface area contributed by atoms with Crippen molar-refractivity contribution in [3.05, 3.63) is 79.6 Å². The minimum atomic E-state index is -0.572. The number of amides is 1. The molecule has 2 heterocycles. The molecule has 1 aliphatic rings. The number of ether oxygens (including phenoxy) is 1. The second kappa shape index (κ2) is 7.59. The predicted octanol–water partition coefficient (Wildman–Crippen LogP) is 4.68. The Morgan fingerprint density at radius 2 is 1.89 bits per heavy atom. The van der Waals surface area contributed by atoms with E-state index in [1.54, 1.807) is 48.4 Å². The van der Waals surface area contributed by atoms with E-state index >= 15 is 0 Å². The normalized spacial score (nSPS) is 16.0. The summed E-state index contributed by atoms with van der Waals surface area (Å²) >= 11 is 12.2. The molecule has 1 unspecified atom stereocenters. The van der Waals surface area contributed by atoms with Gasteiger partial charge in [0.15, 0.2) is 5.43 Å². The maximum atomic E-state index is 13.3. The number of rotatable bonds is 5. The van der Waals surface area contributed by atoms with Crippen molar-refractivity contribution < 1.29 is 13.9 Å². The second-order valence-corrected chi connectivity index (χ2v) is 7.49. The van der Waals surface area contributed by atoms with E-state index in [4.69, 9.17) is 32.4 Å². The predicted molar refractivity (Wildman–Crippen MR) is 108 cm³/mol. The van der Waals surface area contributed by atoms with Gasteiger partial charge >= 0.3 is 0 Å². The van der Waals surface area contributed by atoms with Crippen LogP contribution in [0, 0.1) is 0 Å². The summed E-state index contributed by atoms with van der Waals surface area (Å²) in [6.45, 7) is 0.923. The fourth-order valence-corrected chi connectivity index (χ4v) is 4.00. The lowest BCUT2D eigenvalue weighted by atomic mass is 9.98. The molecule has 1 aliphatic heterocycles. The van der Waals surface area contributed by atoms with E-state index in [0.717, 1.165) is 5.56 Å². The molecule has 5 nitrogen and oxygen atoms in total. The Hall–Kier alpha value is -2.34. The molecule has 4 rings (SSSR count). The summed E-state index contributed by atoms with van der Waals surface area (Å²) in [6, 6.07) is 11.4. The van der Waals surface area contributed by atoms with Gasteiger partial charge in [-0.15, -0.1) is 0 Å². The third-order valence-corrected chi connectivity index (χ3v) is 5.31. The zero-order valence-electron chi connectivity index (χ0n) is 15.1. The Bertz CT molecular complexity index is 1130. The summed E-state index contributed by atoms with van der Waals surface area (Å²) in [7, 11) is 1.61. The largest absolute Gasteiger partial charge is 0.450 e. The molecule has 0 fully saturated rings. The number of methoxy groups -OCH3 is 1. The molecule has 0 aliphatic carbocycles. The summed E-state index contributed by atoms with van der Waals surface area (Å²) < 4.78 is 11.0. The van der Waals surface area contributed by atoms with Gasteiger partial charge in [-0.2, -0.15) is 0 Å². The highest BCUT2D eigenvalue weighted by Gasteiger charge is 2.42. The molecule has 7 heteroatoms. The minimum Gasteiger partial charge on any atom is -0.450 e. The number of halogens is 2. The maximum Gasteiger partial charge on any atom is 0.290 e. The first-order valence-corrected chi connectivity index (χ1v) is 9.58. The van der Waals surface area contributed by atoms with Gasteiger partial charge in [-0.25, -0.2) is 0 Å². The summed E-state index contributed by atoms with van der Waals surface area (Å²) in [6.07, 6.45) is 0.632. The summed E-state index contributed by atoms with van der Waals surface area (Å²) in [5, 5.41) is 1.31. The Morgan fingerprint density at radius 1 is 1.11 bits per heavy atom. The molecule has 144 valence electrons. The molecule has 0 saturated heterocycles. The van der Waals surface area contributed by atoms with Crippen LogP contribution in [0.5, 0.6) is 0 Å². The van der Waals surface area contributed by atoms with Crippen LogP contribution in [0.25, 0.3) is 11.0 Å². The van der Waals surface area contributed by atoms with Crippen molar-refractivity contribution in [2.45, 2.75) is 12.5 Å². The number of nitrogens with zero attached hydrogens (tertiary/aromatic N) is 1. The van der Waals surface area contributed by atoms with Gasteiger partial charge in [0.2, 0.25) is 5.76 Å². The lowest BCUT2D eigenvalue weighted by molar-refractivity contribution is 0.0708. The van der Waals surface area contributed by atoms with E-state index in [0.29, 0.717) is 46.2 Å². The fourth-order valence-electron chi connectivity index (χ4n) is 3.63. The van der Waals surface area contributed by atoms with Crippen LogP contribution in [0.2, 0.25) is 10.0 Å². The molecule has 0 radical (unpaired) electrons. The van der Waals surface area contributed by atoms with Gasteiger partial charge in [-0.05, 0) is 42.3 Å². The zero-order valence-corrected chi connectivity index (χ0v) is 16.6. The molecule has 0 spiro atoms. The van der Waals surface area contributed by atoms with E-state index in [2.05, 4.69) is 0 Å². The number of benzene rings is 2. The summed E-state index contributed by atoms with van der Waals surface area (Å²) in [5.41, 5.74) is 1.15. The van der Waals surface area contributed by atoms with Crippen molar-refractivity contribution in [3.63, 3.8) is 0 Å². The first-order chi connectivity index (χ1) is 13.5. The molecule has 0 saturated carbocycles. The maximum absolute atomic E-state index is 13.3. The lowest BCUT2D eigenvalue weighted by Crippen LogP contribution is -2.31. The third-order valence-electron chi connectivity index (χ3n) is 4.84. The topological polar surface area (TPSA) is 59.8 Å². The van der Waals surface area contributed by atoms with Crippen LogP contribution in [-0.4, -0.2) is 31.1 Å². The molecule has 2 aromatic carbocycles. The monoisotopic (exact) mass is 417 g/mol. The first-order valence-electron chi connectivity index (χ1n) is 8.83. The van der Waals surface area contributed by atoms with Crippen molar-refractivity contribution in [2.24, 2.45) is 0 Å². The van der Waals surface area contributed by atoms with Gasteiger partial charge in [0, 0.05) is 30.3 Å². The highest BCUT2D eigenvalue weighted by atomic mass is 35.5. The van der Waals surface area contributed by atoms with E-state index in [1.165, 1.54) is 0 Å². The molecule has 0 N–H and O–H groups in total. The quantitative estimate of drug-likeness (QED) is 0.565. The van der Waals surface area contributed by atoms with Crippen LogP contribution < -0.4 is 5.43 Å². The van der Waals surface area contributed by atoms with Crippen molar-refractivity contribution in [3.8, 4) is 0 Å². The summed E-state index contributed by atoms with van der Waals surface area (Å²) in [5.74, 6) is -0.243. The molecule has 1 amide bonds. The van der Waals surface area contributed by atoms with Crippen LogP contribution in [-0.2, 0) is 4.74 Å². The molecule has 0 bridgehead atoms. The molecule has 3 aromatic rings. The first kappa shape index (κ1) is 19.0. The lowest BCUT2D eigenvalue weighted by Gasteiger charge is -2.25. The smallest absolute Gasteiger partial charge is 0.290 e. The number of hydrogen-bond donors (Lipinski definition) is 0. The minimum absolute atomic E-state index is 0.0715. The van der Waals surface area contributed by atoms with E-state index in [1.807, 2.05) is 6.07 Å². The number of fused-ring (bicyclic) bond motifs is 2. The van der Waals surface area contributed by atoms with E-state index < -0.39 is 6.04 Å². The van der Waals surface area contributed by atoms with Gasteiger partial charge in [0.1, 0.15) is 5.58 Å². The highest BCUT2D eigenvalue weighted by Crippen LogP contribution is 2.39. The zero-order chi connectivity index (χ0) is 19.8. The van der Waals surface area contributed by atoms with Gasteiger partial charge in [0.25, 0.3) is 5.91 Å². The van der Waals surface area contributed by atoms with E-state index in [-0.39, 0.29) is 17.1 Å². The van der Waals surface area contributed by atoms with Crippen molar-refractivity contribution >= 4 is 40.1 Å². The van der Waals surface area contributed by atoms with Crippen molar-refractivity contribution in [1.29, 1.82) is 0 Å². The van der Waals surface area contributed by atoms with Crippen LogP contribution in [0.3, 0.4) is 0 Å². The van der Waals surface area contributed by atoms with Crippen LogP contribution in [0.4, 0.5) is 0 Å². The van der Waals surface area contributed by atoms with Gasteiger partial charge in [0.05, 0.1) is 17.0 Å². The standard InChI is InChI=1S/C21H17Cl2NO4/c1-27-9-3-8-24-18(12-4-2-5-13(22)10-12)17-19(25)15-11-14(23)6-7-16(15)28-20(17)21(24)26/h2,4-7,10-11,18H,3,8-9H2,1H3. The SMILES string of the molecule is COCCCN1C(=O)c2oc3ccc(Cl)cc3c(=O)c2C1c1cccc(Cl)c1. The van der Waals surface area contributed by atoms with Gasteiger partial charge in [-0.1, -0.05) is 35.3 Å². The number of hydrogen-bond acceptors (Lipinski definition) is 4. The van der Waals surface area contributed by atoms with Gasteiger partial charge in [-0.3, -0.25) is 9.59 Å². The number of carbonyl (C=O) groups excluding carboxylic acids is 1. The second-order valence-electron chi connectivity index (χ2n) is 6.62. The highest BCUT2D eigenvalue weighted by molar-refractivity contribution is 6.31. The third kappa shape index (κ3) is 3.20. The molecular weight excluding hydrogens is 401 g/mol. The average molecular weight is 418 g/mol. The number of carbonyl (C=O) groups is 1. The van der Waals surface area contributed by atoms with Crippen LogP contribution >= 0.6 is 23.2 Å². The Labute approximate surface area is 171 Å². The van der Waals surface area contributed by atoms with E-state index in [9.17, 15) is 9.59 Å². The van der Waals surface area contributed by atoms with Crippen LogP contribution in [0.15, 0.2) is 51.7 Å². The molecule has 28 heavy (non-hydrogen) atoms. The van der Waals surface area contributed by atoms with Crippen molar-refractivity contribution in [1.82, 2.24) is 4.90 Å². The van der Waals surface area contributed by atoms with Gasteiger partial charge < -0.3 is 14.1 Å². The molecule has 1 atom stereocenters. The summed E-state index contributed by atoms with van der Waals surface area (Å²) in [4.78, 5) is 28.1. The fraction of sp³-hybridized carbons (Fsp3) is 0.238. The Kier molecular flexibility index (Phi) is 5.15. The Morgan fingerprint density at radius 3 is 2.64 bits per heavy atom. The average Bonchev–Trinajstić information content (AvgIpc) is 2.95. The molecular formula is C21H17Cl2NO4.